The van der Waals surface area contributed by atoms with E-state index >= 15 is 0 Å². The summed E-state index contributed by atoms with van der Waals surface area (Å²) in [6.45, 7) is 5.82. The molecule has 1 saturated heterocycles. The molecular weight excluding hydrogens is 440 g/mol. The highest BCUT2D eigenvalue weighted by atomic mass is 32.2. The van der Waals surface area contributed by atoms with Gasteiger partial charge in [0.15, 0.2) is 0 Å². The van der Waals surface area contributed by atoms with E-state index in [0.717, 1.165) is 36.6 Å². The van der Waals surface area contributed by atoms with Crippen molar-refractivity contribution in [1.29, 1.82) is 0 Å². The van der Waals surface area contributed by atoms with Gasteiger partial charge in [-0.3, -0.25) is 4.90 Å². The van der Waals surface area contributed by atoms with E-state index in [2.05, 4.69) is 25.5 Å². The van der Waals surface area contributed by atoms with Crippen molar-refractivity contribution in [3.05, 3.63) is 60.3 Å². The fourth-order valence-corrected chi connectivity index (χ4v) is 4.14. The predicted octanol–water partition coefficient (Wildman–Crippen LogP) is 3.39. The lowest BCUT2D eigenvalue weighted by molar-refractivity contribution is 0.238. The summed E-state index contributed by atoms with van der Waals surface area (Å²) >= 11 is 0. The average Bonchev–Trinajstić information content (AvgIpc) is 3.30. The molecule has 33 heavy (non-hydrogen) atoms. The molecule has 3 aromatic rings. The van der Waals surface area contributed by atoms with Gasteiger partial charge in [-0.05, 0) is 75.3 Å². The number of likely N-dealkylation sites (tertiary alicyclic amines) is 1. The second kappa shape index (κ2) is 10.2. The van der Waals surface area contributed by atoms with Crippen LogP contribution in [0.3, 0.4) is 0 Å². The van der Waals surface area contributed by atoms with E-state index in [1.165, 1.54) is 25.0 Å². The van der Waals surface area contributed by atoms with E-state index in [-0.39, 0.29) is 4.90 Å². The van der Waals surface area contributed by atoms with Crippen LogP contribution in [0, 0.1) is 6.92 Å². The van der Waals surface area contributed by atoms with Gasteiger partial charge in [0.1, 0.15) is 18.2 Å². The number of nitrogens with one attached hydrogen (secondary N) is 2. The van der Waals surface area contributed by atoms with E-state index < -0.39 is 10.0 Å². The Bertz CT molecular complexity index is 1200. The van der Waals surface area contributed by atoms with Gasteiger partial charge >= 0.3 is 0 Å². The molecule has 0 atom stereocenters. The van der Waals surface area contributed by atoms with Crippen LogP contribution in [-0.4, -0.2) is 49.5 Å². The van der Waals surface area contributed by atoms with Gasteiger partial charge in [-0.15, -0.1) is 0 Å². The van der Waals surface area contributed by atoms with Crippen molar-refractivity contribution in [3.63, 3.8) is 0 Å². The summed E-state index contributed by atoms with van der Waals surface area (Å²) in [5.41, 5.74) is 2.20. The third-order valence-corrected chi connectivity index (χ3v) is 6.29. The summed E-state index contributed by atoms with van der Waals surface area (Å²) in [5.74, 6) is 1.79. The van der Waals surface area contributed by atoms with Crippen LogP contribution in [0.15, 0.2) is 59.6 Å². The third kappa shape index (κ3) is 6.41. The van der Waals surface area contributed by atoms with E-state index in [1.807, 2.05) is 31.2 Å². The summed E-state index contributed by atoms with van der Waals surface area (Å²) in [4.78, 5) is 11.3. The first-order chi connectivity index (χ1) is 15.9. The first-order valence-corrected chi connectivity index (χ1v) is 12.4. The molecule has 0 radical (unpaired) electrons. The van der Waals surface area contributed by atoms with Crippen molar-refractivity contribution in [2.75, 3.05) is 36.9 Å². The highest BCUT2D eigenvalue weighted by Crippen LogP contribution is 2.23. The fourth-order valence-electron chi connectivity index (χ4n) is 3.58. The molecule has 0 spiro atoms. The van der Waals surface area contributed by atoms with Crippen molar-refractivity contribution < 1.29 is 13.2 Å². The molecule has 0 amide bonds. The summed E-state index contributed by atoms with van der Waals surface area (Å²) in [7, 11) is -3.79. The molecule has 0 saturated carbocycles. The minimum absolute atomic E-state index is 0.0281. The zero-order valence-electron chi connectivity index (χ0n) is 18.5. The normalized spacial score (nSPS) is 14.2. The molecule has 2 aromatic carbocycles. The Morgan fingerprint density at radius 1 is 1.06 bits per heavy atom. The number of ether oxygens (including phenoxy) is 1. The maximum absolute atomic E-state index is 11.6. The maximum atomic E-state index is 11.6. The fraction of sp³-hybridized carbons (Fsp3) is 0.304. The van der Waals surface area contributed by atoms with Crippen LogP contribution in [0.4, 0.5) is 23.1 Å². The quantitative estimate of drug-likeness (QED) is 0.437. The Morgan fingerprint density at radius 3 is 2.55 bits per heavy atom. The maximum Gasteiger partial charge on any atom is 0.238 e. The zero-order valence-corrected chi connectivity index (χ0v) is 19.3. The van der Waals surface area contributed by atoms with Gasteiger partial charge in [-0.25, -0.2) is 18.5 Å². The molecule has 10 heteroatoms. The van der Waals surface area contributed by atoms with Crippen molar-refractivity contribution in [1.82, 2.24) is 14.9 Å². The number of primary sulfonamides is 1. The van der Waals surface area contributed by atoms with Crippen LogP contribution in [0.5, 0.6) is 5.75 Å². The monoisotopic (exact) mass is 468 g/mol. The number of hydrogen-bond donors (Lipinski definition) is 3. The number of hydrogen-bond acceptors (Lipinski definition) is 8. The predicted molar refractivity (Wildman–Crippen MR) is 129 cm³/mol. The van der Waals surface area contributed by atoms with Crippen LogP contribution >= 0.6 is 0 Å². The lowest BCUT2D eigenvalue weighted by Gasteiger charge is -2.15. The first-order valence-electron chi connectivity index (χ1n) is 10.8. The molecule has 0 unspecified atom stereocenters. The number of aromatic nitrogens is 2. The number of rotatable bonds is 9. The largest absolute Gasteiger partial charge is 0.492 e. The number of benzene rings is 2. The Labute approximate surface area is 194 Å². The van der Waals surface area contributed by atoms with Crippen LogP contribution in [0.25, 0.3) is 0 Å². The molecule has 0 aliphatic carbocycles. The molecule has 4 N–H and O–H groups in total. The van der Waals surface area contributed by atoms with Gasteiger partial charge in [0.25, 0.3) is 0 Å². The molecule has 4 rings (SSSR count). The van der Waals surface area contributed by atoms with Crippen molar-refractivity contribution >= 4 is 33.2 Å². The Balaban J connectivity index is 1.38. The minimum Gasteiger partial charge on any atom is -0.492 e. The van der Waals surface area contributed by atoms with Gasteiger partial charge in [-0.1, -0.05) is 6.07 Å². The SMILES string of the molecule is Cc1cnc(Nc2ccc(OCCN3CCCC3)cc2)nc1Nc1cccc(S(N)(=O)=O)c1. The van der Waals surface area contributed by atoms with Crippen molar-refractivity contribution in [2.24, 2.45) is 5.14 Å². The van der Waals surface area contributed by atoms with Gasteiger partial charge in [0.05, 0.1) is 4.90 Å². The molecule has 2 heterocycles. The second-order valence-corrected chi connectivity index (χ2v) is 9.53. The number of anilines is 4. The Hall–Kier alpha value is -3.21. The topological polar surface area (TPSA) is 122 Å². The first kappa shape index (κ1) is 23.0. The minimum atomic E-state index is -3.79. The number of nitrogens with two attached hydrogens (primary N) is 1. The third-order valence-electron chi connectivity index (χ3n) is 5.38. The lowest BCUT2D eigenvalue weighted by atomic mass is 10.3. The molecule has 174 valence electrons. The summed E-state index contributed by atoms with van der Waals surface area (Å²) in [5, 5.41) is 11.5. The van der Waals surface area contributed by atoms with E-state index in [9.17, 15) is 8.42 Å². The molecule has 1 aliphatic rings. The summed E-state index contributed by atoms with van der Waals surface area (Å²) in [6, 6.07) is 13.9. The molecule has 0 bridgehead atoms. The van der Waals surface area contributed by atoms with Gasteiger partial charge in [0, 0.05) is 29.7 Å². The van der Waals surface area contributed by atoms with E-state index in [0.29, 0.717) is 24.1 Å². The van der Waals surface area contributed by atoms with Gasteiger partial charge in [-0.2, -0.15) is 4.98 Å². The zero-order chi connectivity index (χ0) is 23.3. The number of aryl methyl sites for hydroxylation is 1. The Kier molecular flexibility index (Phi) is 7.07. The number of nitrogens with zero attached hydrogens (tertiary/aromatic N) is 3. The highest BCUT2D eigenvalue weighted by Gasteiger charge is 2.12. The van der Waals surface area contributed by atoms with Crippen LogP contribution < -0.4 is 20.5 Å². The van der Waals surface area contributed by atoms with Crippen LogP contribution in [0.2, 0.25) is 0 Å². The van der Waals surface area contributed by atoms with Gasteiger partial charge in [0.2, 0.25) is 16.0 Å². The van der Waals surface area contributed by atoms with Crippen LogP contribution in [0.1, 0.15) is 18.4 Å². The smallest absolute Gasteiger partial charge is 0.238 e. The number of sulfonamides is 1. The van der Waals surface area contributed by atoms with Crippen molar-refractivity contribution in [2.45, 2.75) is 24.7 Å². The Morgan fingerprint density at radius 2 is 1.82 bits per heavy atom. The molecule has 1 fully saturated rings. The van der Waals surface area contributed by atoms with Crippen molar-refractivity contribution in [3.8, 4) is 5.75 Å². The standard InChI is InChI=1S/C23H28N6O3S/c1-17-16-25-23(28-22(17)26-19-5-4-6-21(15-19)33(24,30)31)27-18-7-9-20(10-8-18)32-14-13-29-11-2-3-12-29/h4-10,15-16H,2-3,11-14H2,1H3,(H2,24,30,31)(H2,25,26,27,28). The molecule has 9 nitrogen and oxygen atoms in total. The second-order valence-electron chi connectivity index (χ2n) is 7.97. The molecule has 1 aromatic heterocycles. The lowest BCUT2D eigenvalue weighted by Crippen LogP contribution is -2.25. The summed E-state index contributed by atoms with van der Waals surface area (Å²) in [6.07, 6.45) is 4.25. The highest BCUT2D eigenvalue weighted by molar-refractivity contribution is 7.89. The molecular formula is C23H28N6O3S. The molecule has 1 aliphatic heterocycles. The van der Waals surface area contributed by atoms with E-state index in [1.54, 1.807) is 18.3 Å². The van der Waals surface area contributed by atoms with Gasteiger partial charge < -0.3 is 15.4 Å². The van der Waals surface area contributed by atoms with Crippen LogP contribution in [-0.2, 0) is 10.0 Å². The summed E-state index contributed by atoms with van der Waals surface area (Å²) < 4.78 is 29.1. The average molecular weight is 469 g/mol. The van der Waals surface area contributed by atoms with E-state index in [4.69, 9.17) is 9.88 Å².